The number of halogens is 1. The third-order valence-corrected chi connectivity index (χ3v) is 4.53. The molecule has 0 amide bonds. The van der Waals surface area contributed by atoms with Crippen LogP contribution in [0.15, 0.2) is 23.1 Å². The molecule has 1 rings (SSSR count). The molecule has 0 N–H and O–H groups in total. The van der Waals surface area contributed by atoms with E-state index in [1.54, 1.807) is 19.1 Å². The standard InChI is InChI=1S/C13H19ClO3S/c1-4-11(5-2)9-17-12-6-7-13(10(3)8-12)18(14,15)16/h6-8,11H,4-5,9H2,1-3H3. The molecule has 0 saturated heterocycles. The molecule has 0 spiro atoms. The quantitative estimate of drug-likeness (QED) is 0.750. The molecule has 0 atom stereocenters. The second-order valence-corrected chi connectivity index (χ2v) is 6.89. The van der Waals surface area contributed by atoms with E-state index < -0.39 is 9.05 Å². The van der Waals surface area contributed by atoms with Gasteiger partial charge in [-0.2, -0.15) is 0 Å². The second kappa shape index (κ2) is 6.43. The molecule has 0 saturated carbocycles. The van der Waals surface area contributed by atoms with Gasteiger partial charge in [-0.1, -0.05) is 26.7 Å². The third-order valence-electron chi connectivity index (χ3n) is 3.05. The van der Waals surface area contributed by atoms with Crippen LogP contribution in [-0.4, -0.2) is 15.0 Å². The summed E-state index contributed by atoms with van der Waals surface area (Å²) in [6.07, 6.45) is 2.15. The summed E-state index contributed by atoms with van der Waals surface area (Å²) in [4.78, 5) is 0.138. The van der Waals surface area contributed by atoms with Crippen molar-refractivity contribution in [2.24, 2.45) is 5.92 Å². The van der Waals surface area contributed by atoms with E-state index in [1.807, 2.05) is 0 Å². The summed E-state index contributed by atoms with van der Waals surface area (Å²) in [7, 11) is 1.65. The lowest BCUT2D eigenvalue weighted by atomic mass is 10.1. The van der Waals surface area contributed by atoms with Crippen LogP contribution in [0.5, 0.6) is 5.75 Å². The van der Waals surface area contributed by atoms with E-state index in [4.69, 9.17) is 15.4 Å². The Bertz CT molecular complexity index is 493. The van der Waals surface area contributed by atoms with Crippen molar-refractivity contribution in [3.8, 4) is 5.75 Å². The molecule has 0 radical (unpaired) electrons. The highest BCUT2D eigenvalue weighted by Gasteiger charge is 2.14. The molecule has 1 aromatic carbocycles. The highest BCUT2D eigenvalue weighted by molar-refractivity contribution is 8.13. The highest BCUT2D eigenvalue weighted by Crippen LogP contribution is 2.24. The van der Waals surface area contributed by atoms with Crippen LogP contribution in [0.2, 0.25) is 0 Å². The van der Waals surface area contributed by atoms with E-state index >= 15 is 0 Å². The first kappa shape index (κ1) is 15.3. The van der Waals surface area contributed by atoms with Crippen LogP contribution in [-0.2, 0) is 9.05 Å². The molecule has 5 heteroatoms. The fourth-order valence-electron chi connectivity index (χ4n) is 1.72. The highest BCUT2D eigenvalue weighted by atomic mass is 35.7. The van der Waals surface area contributed by atoms with E-state index in [1.165, 1.54) is 6.07 Å². The topological polar surface area (TPSA) is 43.4 Å². The van der Waals surface area contributed by atoms with Crippen LogP contribution in [0.4, 0.5) is 0 Å². The van der Waals surface area contributed by atoms with Crippen molar-refractivity contribution in [1.29, 1.82) is 0 Å². The van der Waals surface area contributed by atoms with Crippen molar-refractivity contribution < 1.29 is 13.2 Å². The van der Waals surface area contributed by atoms with E-state index in [0.29, 0.717) is 23.8 Å². The molecule has 0 aliphatic rings. The minimum atomic E-state index is -3.67. The molecule has 0 aromatic heterocycles. The van der Waals surface area contributed by atoms with Gasteiger partial charge in [0.2, 0.25) is 0 Å². The molecular formula is C13H19ClO3S. The number of hydrogen-bond donors (Lipinski definition) is 0. The van der Waals surface area contributed by atoms with Gasteiger partial charge in [0.05, 0.1) is 11.5 Å². The number of benzene rings is 1. The smallest absolute Gasteiger partial charge is 0.261 e. The van der Waals surface area contributed by atoms with Gasteiger partial charge in [-0.3, -0.25) is 0 Å². The first-order chi connectivity index (χ1) is 8.38. The monoisotopic (exact) mass is 290 g/mol. The number of rotatable bonds is 6. The largest absolute Gasteiger partial charge is 0.493 e. The van der Waals surface area contributed by atoms with E-state index in [0.717, 1.165) is 12.8 Å². The van der Waals surface area contributed by atoms with Crippen molar-refractivity contribution in [3.63, 3.8) is 0 Å². The Hall–Kier alpha value is -0.740. The minimum Gasteiger partial charge on any atom is -0.493 e. The van der Waals surface area contributed by atoms with Gasteiger partial charge in [0.25, 0.3) is 9.05 Å². The number of aryl methyl sites for hydroxylation is 1. The maximum Gasteiger partial charge on any atom is 0.261 e. The van der Waals surface area contributed by atoms with Gasteiger partial charge in [-0.15, -0.1) is 0 Å². The molecule has 0 fully saturated rings. The van der Waals surface area contributed by atoms with Crippen LogP contribution in [0.3, 0.4) is 0 Å². The Morgan fingerprint density at radius 1 is 1.28 bits per heavy atom. The number of ether oxygens (including phenoxy) is 1. The molecule has 0 aliphatic heterocycles. The molecule has 0 heterocycles. The van der Waals surface area contributed by atoms with Gasteiger partial charge in [-0.05, 0) is 36.6 Å². The Balaban J connectivity index is 2.79. The van der Waals surface area contributed by atoms with Gasteiger partial charge < -0.3 is 4.74 Å². The molecule has 102 valence electrons. The predicted octanol–water partition coefficient (Wildman–Crippen LogP) is 3.74. The van der Waals surface area contributed by atoms with Crippen LogP contribution in [0.1, 0.15) is 32.3 Å². The van der Waals surface area contributed by atoms with Gasteiger partial charge >= 0.3 is 0 Å². The fraction of sp³-hybridized carbons (Fsp3) is 0.538. The summed E-state index contributed by atoms with van der Waals surface area (Å²) in [6, 6.07) is 4.84. The van der Waals surface area contributed by atoms with Gasteiger partial charge in [0.1, 0.15) is 5.75 Å². The molecule has 3 nitrogen and oxygen atoms in total. The molecule has 0 bridgehead atoms. The first-order valence-electron chi connectivity index (χ1n) is 6.06. The lowest BCUT2D eigenvalue weighted by Crippen LogP contribution is -2.10. The Kier molecular flexibility index (Phi) is 5.47. The molecule has 1 aromatic rings. The van der Waals surface area contributed by atoms with Crippen molar-refractivity contribution >= 4 is 19.7 Å². The van der Waals surface area contributed by atoms with Crippen LogP contribution >= 0.6 is 10.7 Å². The second-order valence-electron chi connectivity index (χ2n) is 4.36. The van der Waals surface area contributed by atoms with Gasteiger partial charge in [0.15, 0.2) is 0 Å². The molecular weight excluding hydrogens is 272 g/mol. The van der Waals surface area contributed by atoms with E-state index in [-0.39, 0.29) is 4.90 Å². The first-order valence-corrected chi connectivity index (χ1v) is 8.37. The lowest BCUT2D eigenvalue weighted by molar-refractivity contribution is 0.240. The zero-order valence-electron chi connectivity index (χ0n) is 10.9. The fourth-order valence-corrected chi connectivity index (χ4v) is 2.92. The number of hydrogen-bond acceptors (Lipinski definition) is 3. The summed E-state index contributed by atoms with van der Waals surface area (Å²) >= 11 is 0. The minimum absolute atomic E-state index is 0.138. The summed E-state index contributed by atoms with van der Waals surface area (Å²) in [6.45, 7) is 6.62. The summed E-state index contributed by atoms with van der Waals surface area (Å²) in [5.74, 6) is 1.21. The zero-order chi connectivity index (χ0) is 13.8. The average molecular weight is 291 g/mol. The van der Waals surface area contributed by atoms with E-state index in [9.17, 15) is 8.42 Å². The molecule has 0 unspecified atom stereocenters. The maximum atomic E-state index is 11.2. The third kappa shape index (κ3) is 4.18. The van der Waals surface area contributed by atoms with Gasteiger partial charge in [-0.25, -0.2) is 8.42 Å². The Morgan fingerprint density at radius 3 is 2.33 bits per heavy atom. The van der Waals surface area contributed by atoms with Crippen molar-refractivity contribution in [1.82, 2.24) is 0 Å². The van der Waals surface area contributed by atoms with Crippen molar-refractivity contribution in [2.45, 2.75) is 38.5 Å². The Morgan fingerprint density at radius 2 is 1.89 bits per heavy atom. The van der Waals surface area contributed by atoms with Crippen LogP contribution in [0, 0.1) is 12.8 Å². The summed E-state index contributed by atoms with van der Waals surface area (Å²) < 4.78 is 28.2. The SMILES string of the molecule is CCC(CC)COc1ccc(S(=O)(=O)Cl)c(C)c1. The average Bonchev–Trinajstić information content (AvgIpc) is 2.28. The summed E-state index contributed by atoms with van der Waals surface area (Å²) in [5, 5.41) is 0. The van der Waals surface area contributed by atoms with Gasteiger partial charge in [0, 0.05) is 10.7 Å². The predicted molar refractivity (Wildman–Crippen MR) is 73.8 cm³/mol. The van der Waals surface area contributed by atoms with Crippen molar-refractivity contribution in [3.05, 3.63) is 23.8 Å². The lowest BCUT2D eigenvalue weighted by Gasteiger charge is -2.14. The van der Waals surface area contributed by atoms with Crippen LogP contribution < -0.4 is 4.74 Å². The Labute approximate surface area is 114 Å². The molecule has 18 heavy (non-hydrogen) atoms. The van der Waals surface area contributed by atoms with Crippen LogP contribution in [0.25, 0.3) is 0 Å². The summed E-state index contributed by atoms with van der Waals surface area (Å²) in [5.41, 5.74) is 0.604. The molecule has 0 aliphatic carbocycles. The maximum absolute atomic E-state index is 11.2. The normalized spacial score (nSPS) is 11.8. The van der Waals surface area contributed by atoms with E-state index in [2.05, 4.69) is 13.8 Å². The zero-order valence-corrected chi connectivity index (χ0v) is 12.5. The van der Waals surface area contributed by atoms with Crippen molar-refractivity contribution in [2.75, 3.05) is 6.61 Å².